The van der Waals surface area contributed by atoms with Gasteiger partial charge in [0.05, 0.1) is 26.4 Å². The third-order valence-electron chi connectivity index (χ3n) is 20.4. The molecule has 612 valence electrons. The zero-order valence-corrected chi connectivity index (χ0v) is 69.4. The highest BCUT2D eigenvalue weighted by atomic mass is 31.2. The van der Waals surface area contributed by atoms with Crippen LogP contribution in [-0.4, -0.2) is 96.7 Å². The van der Waals surface area contributed by atoms with Gasteiger partial charge in [0.15, 0.2) is 12.2 Å². The average molecular weight is 1510 g/mol. The van der Waals surface area contributed by atoms with Crippen LogP contribution in [0.15, 0.2) is 0 Å². The lowest BCUT2D eigenvalue weighted by Gasteiger charge is -2.21. The number of aliphatic hydroxyl groups is 1. The van der Waals surface area contributed by atoms with Gasteiger partial charge in [0, 0.05) is 25.7 Å². The van der Waals surface area contributed by atoms with E-state index in [2.05, 4.69) is 41.5 Å². The summed E-state index contributed by atoms with van der Waals surface area (Å²) in [6.45, 7) is 9.69. The van der Waals surface area contributed by atoms with Crippen molar-refractivity contribution in [3.05, 3.63) is 0 Å². The number of carbonyl (C=O) groups is 4. The number of carbonyl (C=O) groups excluding carboxylic acids is 4. The molecule has 3 N–H and O–H groups in total. The van der Waals surface area contributed by atoms with E-state index in [1.165, 1.54) is 257 Å². The number of phosphoric acid groups is 2. The summed E-state index contributed by atoms with van der Waals surface area (Å²) in [6.07, 6.45) is 66.6. The van der Waals surface area contributed by atoms with E-state index in [-0.39, 0.29) is 25.7 Å². The summed E-state index contributed by atoms with van der Waals surface area (Å²) < 4.78 is 68.8. The van der Waals surface area contributed by atoms with Crippen molar-refractivity contribution in [3.8, 4) is 0 Å². The molecule has 0 aliphatic carbocycles. The molecule has 7 atom stereocenters. The molecule has 0 aliphatic rings. The highest BCUT2D eigenvalue weighted by molar-refractivity contribution is 7.47. The lowest BCUT2D eigenvalue weighted by molar-refractivity contribution is -0.161. The molecule has 0 saturated heterocycles. The van der Waals surface area contributed by atoms with Gasteiger partial charge in [-0.25, -0.2) is 9.13 Å². The largest absolute Gasteiger partial charge is 0.472 e. The van der Waals surface area contributed by atoms with E-state index < -0.39 is 97.5 Å². The average Bonchev–Trinajstić information content (AvgIpc) is 0.914. The third-order valence-corrected chi connectivity index (χ3v) is 22.3. The van der Waals surface area contributed by atoms with E-state index in [0.717, 1.165) is 108 Å². The van der Waals surface area contributed by atoms with Crippen molar-refractivity contribution in [1.29, 1.82) is 0 Å². The lowest BCUT2D eigenvalue weighted by atomic mass is 9.99. The molecule has 0 aliphatic heterocycles. The highest BCUT2D eigenvalue weighted by Gasteiger charge is 2.30. The smallest absolute Gasteiger partial charge is 0.462 e. The fraction of sp³-hybridized carbons (Fsp3) is 0.952. The molecular weight excluding hydrogens is 1340 g/mol. The van der Waals surface area contributed by atoms with E-state index in [0.29, 0.717) is 25.7 Å². The predicted octanol–water partition coefficient (Wildman–Crippen LogP) is 25.5. The third kappa shape index (κ3) is 75.3. The molecule has 0 aromatic heterocycles. The van der Waals surface area contributed by atoms with E-state index in [1.54, 1.807) is 0 Å². The molecule has 0 aromatic carbocycles. The van der Waals surface area contributed by atoms with Crippen molar-refractivity contribution in [3.63, 3.8) is 0 Å². The molecule has 0 amide bonds. The minimum absolute atomic E-state index is 0.107. The van der Waals surface area contributed by atoms with Gasteiger partial charge in [0.2, 0.25) is 0 Å². The minimum Gasteiger partial charge on any atom is -0.462 e. The Kier molecular flexibility index (Phi) is 74.1. The van der Waals surface area contributed by atoms with Crippen molar-refractivity contribution in [2.24, 2.45) is 11.8 Å². The molecule has 0 heterocycles. The van der Waals surface area contributed by atoms with Gasteiger partial charge in [-0.05, 0) is 37.5 Å². The van der Waals surface area contributed by atoms with Gasteiger partial charge < -0.3 is 33.8 Å². The van der Waals surface area contributed by atoms with Gasteiger partial charge in [-0.1, -0.05) is 395 Å². The molecule has 0 fully saturated rings. The van der Waals surface area contributed by atoms with Crippen molar-refractivity contribution in [1.82, 2.24) is 0 Å². The number of esters is 4. The maximum atomic E-state index is 13.1. The molecule has 0 rings (SSSR count). The van der Waals surface area contributed by atoms with Crippen LogP contribution in [0.3, 0.4) is 0 Å². The Hall–Kier alpha value is -1.94. The standard InChI is InChI=1S/C84H164O17P2/c1-7-11-13-15-17-19-21-23-25-28-32-36-39-43-47-54-60-66-81(86)94-72-79(100-83(88)69-63-57-49-45-41-37-33-30-27-26-29-31-34-38-42-46-52-58-64-76(5)9-3)74-98-102(90,91)96-70-78(85)71-97-103(92,93)99-75-80(73-95-82(87)67-61-55-51-50-53-59-65-77(6)10-4)101-84(89)68-62-56-48-44-40-35-24-22-20-18-16-14-12-8-2/h76-80,85H,7-75H2,1-6H3,(H,90,91)(H,92,93)/t76?,77?,78-,79-,80-/m1/s1. The normalized spacial score (nSPS) is 14.4. The number of rotatable bonds is 83. The van der Waals surface area contributed by atoms with E-state index in [9.17, 15) is 43.2 Å². The quantitative estimate of drug-likeness (QED) is 0.0222. The minimum atomic E-state index is -4.96. The second kappa shape index (κ2) is 75.5. The van der Waals surface area contributed by atoms with Crippen molar-refractivity contribution < 1.29 is 80.2 Å². The lowest BCUT2D eigenvalue weighted by Crippen LogP contribution is -2.30. The van der Waals surface area contributed by atoms with Crippen LogP contribution in [0.2, 0.25) is 0 Å². The van der Waals surface area contributed by atoms with Gasteiger partial charge in [0.1, 0.15) is 19.3 Å². The zero-order valence-electron chi connectivity index (χ0n) is 67.6. The molecule has 17 nitrogen and oxygen atoms in total. The Morgan fingerprint density at radius 3 is 0.689 bits per heavy atom. The van der Waals surface area contributed by atoms with Crippen LogP contribution in [-0.2, 0) is 65.4 Å². The van der Waals surface area contributed by atoms with Crippen LogP contribution in [0, 0.1) is 11.8 Å². The molecule has 4 unspecified atom stereocenters. The molecule has 19 heteroatoms. The van der Waals surface area contributed by atoms with Crippen molar-refractivity contribution in [2.75, 3.05) is 39.6 Å². The van der Waals surface area contributed by atoms with Gasteiger partial charge >= 0.3 is 39.5 Å². The number of ether oxygens (including phenoxy) is 4. The van der Waals surface area contributed by atoms with Crippen LogP contribution in [0.1, 0.15) is 446 Å². The number of aliphatic hydroxyl groups excluding tert-OH is 1. The summed E-state index contributed by atoms with van der Waals surface area (Å²) in [5, 5.41) is 10.7. The SMILES string of the molecule is CCCCCCCCCCCCCCCCCCCC(=O)OC[C@H](COP(=O)(O)OC[C@@H](O)COP(=O)(O)OC[C@@H](COC(=O)CCCCCCCCC(C)CC)OC(=O)CCCCCCCCCCCCCCCC)OC(=O)CCCCCCCCCCCCCCCCCCCCC(C)CC. The summed E-state index contributed by atoms with van der Waals surface area (Å²) in [5.74, 6) is -0.503. The molecule has 103 heavy (non-hydrogen) atoms. The van der Waals surface area contributed by atoms with E-state index in [4.69, 9.17) is 37.0 Å². The number of hydrogen-bond acceptors (Lipinski definition) is 15. The van der Waals surface area contributed by atoms with Gasteiger partial charge in [-0.15, -0.1) is 0 Å². The van der Waals surface area contributed by atoms with E-state index in [1.807, 2.05) is 0 Å². The fourth-order valence-electron chi connectivity index (χ4n) is 13.0. The second-order valence-electron chi connectivity index (χ2n) is 30.7. The Balaban J connectivity index is 5.22. The fourth-order valence-corrected chi connectivity index (χ4v) is 14.6. The predicted molar refractivity (Wildman–Crippen MR) is 423 cm³/mol. The van der Waals surface area contributed by atoms with Crippen molar-refractivity contribution in [2.45, 2.75) is 464 Å². The summed E-state index contributed by atoms with van der Waals surface area (Å²) in [4.78, 5) is 73.1. The Bertz CT molecular complexity index is 1980. The van der Waals surface area contributed by atoms with E-state index >= 15 is 0 Å². The van der Waals surface area contributed by atoms with Gasteiger partial charge in [0.25, 0.3) is 0 Å². The zero-order chi connectivity index (χ0) is 75.6. The molecule has 0 aromatic rings. The molecular formula is C84H164O17P2. The number of hydrogen-bond donors (Lipinski definition) is 3. The highest BCUT2D eigenvalue weighted by Crippen LogP contribution is 2.45. The van der Waals surface area contributed by atoms with Crippen LogP contribution in [0.4, 0.5) is 0 Å². The first-order valence-corrected chi connectivity index (χ1v) is 46.6. The maximum Gasteiger partial charge on any atom is 0.472 e. The molecule has 0 radical (unpaired) electrons. The number of phosphoric ester groups is 2. The number of unbranched alkanes of at least 4 members (excludes halogenated alkanes) is 51. The summed E-state index contributed by atoms with van der Waals surface area (Å²) in [6, 6.07) is 0. The second-order valence-corrected chi connectivity index (χ2v) is 33.6. The Morgan fingerprint density at radius 1 is 0.272 bits per heavy atom. The maximum absolute atomic E-state index is 13.1. The Labute approximate surface area is 632 Å². The summed E-state index contributed by atoms with van der Waals surface area (Å²) >= 11 is 0. The first-order valence-electron chi connectivity index (χ1n) is 43.6. The molecule has 0 bridgehead atoms. The van der Waals surface area contributed by atoms with Gasteiger partial charge in [-0.2, -0.15) is 0 Å². The molecule has 0 spiro atoms. The first kappa shape index (κ1) is 101. The summed E-state index contributed by atoms with van der Waals surface area (Å²) in [5.41, 5.74) is 0. The Morgan fingerprint density at radius 2 is 0.466 bits per heavy atom. The van der Waals surface area contributed by atoms with Gasteiger partial charge in [-0.3, -0.25) is 37.3 Å². The van der Waals surface area contributed by atoms with Crippen LogP contribution in [0.5, 0.6) is 0 Å². The van der Waals surface area contributed by atoms with Crippen LogP contribution in [0.25, 0.3) is 0 Å². The van der Waals surface area contributed by atoms with Crippen LogP contribution >= 0.6 is 15.6 Å². The summed E-state index contributed by atoms with van der Waals surface area (Å²) in [7, 11) is -9.92. The van der Waals surface area contributed by atoms with Crippen molar-refractivity contribution >= 4 is 39.5 Å². The molecule has 0 saturated carbocycles. The first-order chi connectivity index (χ1) is 49.9. The van der Waals surface area contributed by atoms with Crippen LogP contribution < -0.4 is 0 Å². The topological polar surface area (TPSA) is 237 Å². The monoisotopic (exact) mass is 1510 g/mol.